The van der Waals surface area contributed by atoms with Crippen LogP contribution < -0.4 is 52.6 Å². The molecule has 0 fully saturated rings. The zero-order chi connectivity index (χ0) is 39.8. The molecule has 0 saturated carbocycles. The van der Waals surface area contributed by atoms with Crippen LogP contribution in [-0.2, 0) is 26.8 Å². The third-order valence-electron chi connectivity index (χ3n) is 8.00. The molecule has 0 atom stereocenters. The lowest BCUT2D eigenvalue weighted by atomic mass is 9.87. The number of aliphatic carboxylic acids is 2. The van der Waals surface area contributed by atoms with Crippen LogP contribution in [0.1, 0.15) is 104 Å². The lowest BCUT2D eigenvalue weighted by Gasteiger charge is -2.18. The van der Waals surface area contributed by atoms with E-state index >= 15 is 0 Å². The minimum Gasteiger partial charge on any atom is -0.550 e. The van der Waals surface area contributed by atoms with Crippen LogP contribution in [0, 0.1) is 14.3 Å². The van der Waals surface area contributed by atoms with Gasteiger partial charge in [-0.1, -0.05) is 165 Å². The van der Waals surface area contributed by atoms with Crippen LogP contribution in [0.3, 0.4) is 0 Å². The van der Waals surface area contributed by atoms with E-state index < -0.39 is 11.9 Å². The van der Waals surface area contributed by atoms with Crippen molar-refractivity contribution in [3.8, 4) is 0 Å². The molecule has 0 spiro atoms. The number of hydrogen-bond donors (Lipinski definition) is 0. The van der Waals surface area contributed by atoms with Crippen LogP contribution in [0.5, 0.6) is 0 Å². The van der Waals surface area contributed by atoms with E-state index in [0.29, 0.717) is 0 Å². The number of carbonyl (C=O) groups excluding carboxylic acids is 2. The summed E-state index contributed by atoms with van der Waals surface area (Å²) in [7, 11) is 0. The zero-order valence-electron chi connectivity index (χ0n) is 33.1. The molecule has 0 amide bonds. The summed E-state index contributed by atoms with van der Waals surface area (Å²) in [6, 6.07) is 48.8. The average molecular weight is 953 g/mol. The first-order valence-electron chi connectivity index (χ1n) is 18.7. The van der Waals surface area contributed by atoms with E-state index in [-0.39, 0.29) is 66.1 Å². The highest BCUT2D eigenvalue weighted by molar-refractivity contribution is 5.67. The summed E-state index contributed by atoms with van der Waals surface area (Å²) in [5.41, 5.74) is 4.09. The second-order valence-corrected chi connectivity index (χ2v) is 20.9. The largest absolute Gasteiger partial charge is 0.550 e. The fourth-order valence-electron chi connectivity index (χ4n) is 4.87. The van der Waals surface area contributed by atoms with Gasteiger partial charge in [-0.05, 0) is 88.9 Å². The quantitative estimate of drug-likeness (QED) is 0.142. The summed E-state index contributed by atoms with van der Waals surface area (Å²) in [5.74, 6) is -1.96. The number of benzene rings is 5. The second kappa shape index (κ2) is 25.6. The SMILES string of the molecule is CC(C)(C)c1ccc([I+]c2ccc(C(C)(C)C)cc2)cc1.CCCCCCCC(=O)[O-].O=C([O-])Cc1ccccc1.c1ccc([I+]c2ccccc2)cc1. The van der Waals surface area contributed by atoms with Crippen molar-refractivity contribution in [1.82, 2.24) is 0 Å². The Bertz CT molecular complexity index is 1630. The molecule has 0 aromatic heterocycles. The molecule has 0 aliphatic heterocycles. The highest BCUT2D eigenvalue weighted by atomic mass is 127. The van der Waals surface area contributed by atoms with Crippen LogP contribution in [0.4, 0.5) is 0 Å². The van der Waals surface area contributed by atoms with E-state index in [9.17, 15) is 19.8 Å². The molecule has 0 saturated heterocycles. The van der Waals surface area contributed by atoms with Crippen molar-refractivity contribution in [2.75, 3.05) is 0 Å². The van der Waals surface area contributed by atoms with Crippen molar-refractivity contribution in [3.05, 3.63) is 170 Å². The van der Waals surface area contributed by atoms with Crippen molar-refractivity contribution in [3.63, 3.8) is 0 Å². The predicted molar refractivity (Wildman–Crippen MR) is 211 cm³/mol. The molecule has 0 unspecified atom stereocenters. The first kappa shape index (κ1) is 46.7. The van der Waals surface area contributed by atoms with Gasteiger partial charge in [0.1, 0.15) is 0 Å². The molecule has 54 heavy (non-hydrogen) atoms. The number of rotatable bonds is 12. The van der Waals surface area contributed by atoms with Crippen LogP contribution in [-0.4, -0.2) is 11.9 Å². The third-order valence-corrected chi connectivity index (χ3v) is 13.4. The Hall–Kier alpha value is -3.50. The second-order valence-electron chi connectivity index (χ2n) is 14.9. The zero-order valence-corrected chi connectivity index (χ0v) is 37.4. The Kier molecular flexibility index (Phi) is 22.1. The Balaban J connectivity index is 0.000000264. The molecule has 0 aliphatic carbocycles. The molecule has 288 valence electrons. The molecule has 0 N–H and O–H groups in total. The number of halogens is 2. The van der Waals surface area contributed by atoms with E-state index in [0.717, 1.165) is 24.8 Å². The number of carboxylic acids is 2. The monoisotopic (exact) mass is 952 g/mol. The van der Waals surface area contributed by atoms with Gasteiger partial charge >= 0.3 is 42.4 Å². The van der Waals surface area contributed by atoms with Crippen LogP contribution in [0.25, 0.3) is 0 Å². The topological polar surface area (TPSA) is 80.3 Å². The van der Waals surface area contributed by atoms with E-state index in [1.54, 1.807) is 24.3 Å². The predicted octanol–water partition coefficient (Wildman–Crippen LogP) is 3.30. The van der Waals surface area contributed by atoms with Crippen molar-refractivity contribution in [2.24, 2.45) is 0 Å². The van der Waals surface area contributed by atoms with E-state index in [2.05, 4.69) is 158 Å². The lowest BCUT2D eigenvalue weighted by molar-refractivity contribution is -0.597. The van der Waals surface area contributed by atoms with E-state index in [1.807, 2.05) is 6.07 Å². The van der Waals surface area contributed by atoms with Crippen LogP contribution in [0.2, 0.25) is 0 Å². The van der Waals surface area contributed by atoms with Crippen molar-refractivity contribution in [1.29, 1.82) is 0 Å². The van der Waals surface area contributed by atoms with Gasteiger partial charge in [0.2, 0.25) is 0 Å². The highest BCUT2D eigenvalue weighted by Crippen LogP contribution is 2.22. The van der Waals surface area contributed by atoms with Crippen LogP contribution >= 0.6 is 0 Å². The minimum absolute atomic E-state index is 0.000833. The average Bonchev–Trinajstić information content (AvgIpc) is 3.13. The molecule has 0 radical (unpaired) electrons. The maximum Gasteiger partial charge on any atom is 0.357 e. The Morgan fingerprint density at radius 2 is 0.815 bits per heavy atom. The molecule has 6 heteroatoms. The van der Waals surface area contributed by atoms with E-state index in [4.69, 9.17) is 0 Å². The normalized spacial score (nSPS) is 10.7. The Morgan fingerprint density at radius 3 is 1.15 bits per heavy atom. The molecule has 5 aromatic rings. The maximum absolute atomic E-state index is 10.1. The maximum atomic E-state index is 10.1. The molecule has 0 aliphatic rings. The van der Waals surface area contributed by atoms with Gasteiger partial charge in [-0.15, -0.1) is 0 Å². The summed E-state index contributed by atoms with van der Waals surface area (Å²) in [5, 5.41) is 20.0. The van der Waals surface area contributed by atoms with Crippen molar-refractivity contribution in [2.45, 2.75) is 104 Å². The molecule has 4 nitrogen and oxygen atoms in total. The number of hydrogen-bond acceptors (Lipinski definition) is 4. The lowest BCUT2D eigenvalue weighted by Crippen LogP contribution is -3.61. The fraction of sp³-hybridized carbons (Fsp3) is 0.333. The van der Waals surface area contributed by atoms with Gasteiger partial charge < -0.3 is 19.8 Å². The Morgan fingerprint density at radius 1 is 0.463 bits per heavy atom. The summed E-state index contributed by atoms with van der Waals surface area (Å²) >= 11 is -0.0416. The highest BCUT2D eigenvalue weighted by Gasteiger charge is 2.20. The third kappa shape index (κ3) is 21.4. The van der Waals surface area contributed by atoms with Gasteiger partial charge in [0.25, 0.3) is 0 Å². The van der Waals surface area contributed by atoms with Gasteiger partial charge in [0.05, 0.1) is 0 Å². The molecule has 5 aromatic carbocycles. The fourth-order valence-corrected chi connectivity index (χ4v) is 9.29. The first-order valence-corrected chi connectivity index (χ1v) is 23.0. The molecule has 5 rings (SSSR count). The van der Waals surface area contributed by atoms with E-state index in [1.165, 1.54) is 38.2 Å². The number of carboxylic acid groups (broad SMARTS) is 2. The smallest absolute Gasteiger partial charge is 0.357 e. The summed E-state index contributed by atoms with van der Waals surface area (Å²) in [6.07, 6.45) is 5.61. The van der Waals surface area contributed by atoms with Crippen molar-refractivity contribution < 1.29 is 62.2 Å². The van der Waals surface area contributed by atoms with Gasteiger partial charge in [-0.2, -0.15) is 0 Å². The number of carbonyl (C=O) groups is 2. The summed E-state index contributed by atoms with van der Waals surface area (Å²) < 4.78 is 5.94. The molecular weight excluding hydrogens is 894 g/mol. The van der Waals surface area contributed by atoms with Gasteiger partial charge in [0, 0.05) is 18.4 Å². The first-order chi connectivity index (χ1) is 25.7. The molecule has 0 bridgehead atoms. The summed E-state index contributed by atoms with van der Waals surface area (Å²) in [6.45, 7) is 15.7. The van der Waals surface area contributed by atoms with Gasteiger partial charge in [-0.3, -0.25) is 0 Å². The molecule has 0 heterocycles. The summed E-state index contributed by atoms with van der Waals surface area (Å²) in [4.78, 5) is 20.0. The Labute approximate surface area is 346 Å². The number of unbranched alkanes of at least 4 members (excludes halogenated alkanes) is 4. The van der Waals surface area contributed by atoms with Gasteiger partial charge in [-0.25, -0.2) is 0 Å². The van der Waals surface area contributed by atoms with Gasteiger partial charge in [0.15, 0.2) is 14.3 Å². The van der Waals surface area contributed by atoms with Crippen LogP contribution in [0.15, 0.2) is 140 Å². The standard InChI is InChI=1S/C20H26I.C12H10I.C8H8O2.C8H16O2/c1-19(2,3)15-7-11-17(12-8-15)21-18-13-9-16(10-14-18)20(4,5)6;1-3-7-11(8-4-1)13-12-9-5-2-6-10-12;9-8(10)6-7-4-2-1-3-5-7;1-2-3-4-5-6-7-8(9)10/h7-14H,1-6H3;1-10H;1-5H,6H2,(H,9,10);2-7H2,1H3,(H,9,10)/q2*+1;;/p-2. The van der Waals surface area contributed by atoms with Crippen molar-refractivity contribution >= 4 is 11.9 Å². The minimum atomic E-state index is -1.04. The molecular formula is C48H58I2O4.